The zero-order chi connectivity index (χ0) is 13.0. The lowest BCUT2D eigenvalue weighted by Gasteiger charge is -2.13. The molecule has 4 heteroatoms. The number of nitrogens with zero attached hydrogens (tertiary/aromatic N) is 2. The molecule has 1 heterocycles. The van der Waals surface area contributed by atoms with Crippen LogP contribution in [0.3, 0.4) is 0 Å². The second-order valence-electron chi connectivity index (χ2n) is 5.59. The Morgan fingerprint density at radius 2 is 1.94 bits per heavy atom. The van der Waals surface area contributed by atoms with Crippen molar-refractivity contribution in [2.75, 3.05) is 0 Å². The van der Waals surface area contributed by atoms with E-state index < -0.39 is 0 Å². The highest BCUT2D eigenvalue weighted by molar-refractivity contribution is 4.99. The molecule has 0 aliphatic heterocycles. The fourth-order valence-electron chi connectivity index (χ4n) is 2.58. The standard InChI is InChI=1S/C14H25N3O/c1-3-10(2)12(15)14-16-13(17-18-14)11-8-6-4-5-7-9-11/h10-12H,3-9,15H2,1-2H3/t10-,12-/m0/s1. The van der Waals surface area contributed by atoms with Crippen molar-refractivity contribution in [3.8, 4) is 0 Å². The molecule has 1 aliphatic carbocycles. The summed E-state index contributed by atoms with van der Waals surface area (Å²) in [5.74, 6) is 2.36. The van der Waals surface area contributed by atoms with Crippen LogP contribution in [-0.4, -0.2) is 10.1 Å². The summed E-state index contributed by atoms with van der Waals surface area (Å²) in [5, 5.41) is 4.15. The highest BCUT2D eigenvalue weighted by atomic mass is 16.5. The van der Waals surface area contributed by atoms with Gasteiger partial charge < -0.3 is 10.3 Å². The molecule has 1 fully saturated rings. The van der Waals surface area contributed by atoms with Crippen LogP contribution >= 0.6 is 0 Å². The molecule has 0 radical (unpaired) electrons. The summed E-state index contributed by atoms with van der Waals surface area (Å²) in [4.78, 5) is 4.54. The molecule has 18 heavy (non-hydrogen) atoms. The predicted octanol–water partition coefficient (Wildman–Crippen LogP) is 3.55. The molecule has 0 unspecified atom stereocenters. The van der Waals surface area contributed by atoms with Gasteiger partial charge in [0.15, 0.2) is 5.82 Å². The Morgan fingerprint density at radius 3 is 2.56 bits per heavy atom. The van der Waals surface area contributed by atoms with Crippen molar-refractivity contribution in [2.45, 2.75) is 70.8 Å². The number of aromatic nitrogens is 2. The minimum absolute atomic E-state index is 0.123. The fraction of sp³-hybridized carbons (Fsp3) is 0.857. The van der Waals surface area contributed by atoms with E-state index in [9.17, 15) is 0 Å². The second-order valence-corrected chi connectivity index (χ2v) is 5.59. The third kappa shape index (κ3) is 3.10. The highest BCUT2D eigenvalue weighted by Crippen LogP contribution is 2.31. The molecular weight excluding hydrogens is 226 g/mol. The van der Waals surface area contributed by atoms with Crippen LogP contribution in [0.2, 0.25) is 0 Å². The summed E-state index contributed by atoms with van der Waals surface area (Å²) in [5.41, 5.74) is 6.13. The summed E-state index contributed by atoms with van der Waals surface area (Å²) in [6.07, 6.45) is 8.66. The molecule has 0 aromatic carbocycles. The van der Waals surface area contributed by atoms with Gasteiger partial charge >= 0.3 is 0 Å². The molecule has 1 saturated carbocycles. The van der Waals surface area contributed by atoms with Gasteiger partial charge in [-0.2, -0.15) is 4.98 Å². The Labute approximate surface area is 109 Å². The van der Waals surface area contributed by atoms with Crippen LogP contribution in [0.4, 0.5) is 0 Å². The molecule has 1 aliphatic rings. The minimum Gasteiger partial charge on any atom is -0.338 e. The van der Waals surface area contributed by atoms with Crippen LogP contribution in [0.15, 0.2) is 4.52 Å². The van der Waals surface area contributed by atoms with E-state index in [1.165, 1.54) is 38.5 Å². The third-order valence-electron chi connectivity index (χ3n) is 4.22. The lowest BCUT2D eigenvalue weighted by Crippen LogP contribution is -2.19. The SMILES string of the molecule is CC[C@H](C)[C@H](N)c1nc(C2CCCCCC2)no1. The molecule has 2 rings (SSSR count). The van der Waals surface area contributed by atoms with E-state index in [0.29, 0.717) is 17.7 Å². The van der Waals surface area contributed by atoms with E-state index in [1.54, 1.807) is 0 Å². The Bertz CT molecular complexity index is 356. The molecular formula is C14H25N3O. The lowest BCUT2D eigenvalue weighted by atomic mass is 9.99. The smallest absolute Gasteiger partial charge is 0.243 e. The van der Waals surface area contributed by atoms with Crippen molar-refractivity contribution in [3.63, 3.8) is 0 Å². The van der Waals surface area contributed by atoms with E-state index in [0.717, 1.165) is 12.2 Å². The maximum absolute atomic E-state index is 6.13. The third-order valence-corrected chi connectivity index (χ3v) is 4.22. The Hall–Kier alpha value is -0.900. The summed E-state index contributed by atoms with van der Waals surface area (Å²) in [6, 6.07) is -0.123. The van der Waals surface area contributed by atoms with Crippen LogP contribution in [0.25, 0.3) is 0 Å². The van der Waals surface area contributed by atoms with E-state index in [2.05, 4.69) is 24.0 Å². The topological polar surface area (TPSA) is 64.9 Å². The molecule has 0 bridgehead atoms. The Kier molecular flexibility index (Phi) is 4.75. The van der Waals surface area contributed by atoms with E-state index in [-0.39, 0.29) is 6.04 Å². The van der Waals surface area contributed by atoms with Gasteiger partial charge in [0.2, 0.25) is 5.89 Å². The van der Waals surface area contributed by atoms with E-state index in [1.807, 2.05) is 0 Å². The summed E-state index contributed by atoms with van der Waals surface area (Å²) in [6.45, 7) is 4.26. The molecule has 0 spiro atoms. The van der Waals surface area contributed by atoms with Gasteiger partial charge in [-0.3, -0.25) is 0 Å². The normalized spacial score (nSPS) is 21.5. The summed E-state index contributed by atoms with van der Waals surface area (Å²) >= 11 is 0. The van der Waals surface area contributed by atoms with Crippen molar-refractivity contribution in [1.29, 1.82) is 0 Å². The van der Waals surface area contributed by atoms with Crippen molar-refractivity contribution in [3.05, 3.63) is 11.7 Å². The minimum atomic E-state index is -0.123. The first-order valence-corrected chi connectivity index (χ1v) is 7.31. The predicted molar refractivity (Wildman–Crippen MR) is 71.1 cm³/mol. The number of nitrogens with two attached hydrogens (primary N) is 1. The largest absolute Gasteiger partial charge is 0.338 e. The van der Waals surface area contributed by atoms with Gasteiger partial charge in [0.05, 0.1) is 6.04 Å². The number of rotatable bonds is 4. The Balaban J connectivity index is 2.04. The van der Waals surface area contributed by atoms with Crippen molar-refractivity contribution in [1.82, 2.24) is 10.1 Å². The zero-order valence-electron chi connectivity index (χ0n) is 11.6. The average molecular weight is 251 g/mol. The van der Waals surface area contributed by atoms with Crippen molar-refractivity contribution < 1.29 is 4.52 Å². The van der Waals surface area contributed by atoms with Gasteiger partial charge in [-0.1, -0.05) is 51.1 Å². The number of hydrogen-bond acceptors (Lipinski definition) is 4. The van der Waals surface area contributed by atoms with E-state index in [4.69, 9.17) is 10.3 Å². The van der Waals surface area contributed by atoms with Crippen LogP contribution in [0.1, 0.15) is 82.5 Å². The van der Waals surface area contributed by atoms with Gasteiger partial charge in [-0.25, -0.2) is 0 Å². The van der Waals surface area contributed by atoms with Crippen molar-refractivity contribution >= 4 is 0 Å². The average Bonchev–Trinajstić information content (AvgIpc) is 2.72. The van der Waals surface area contributed by atoms with Gasteiger partial charge in [0.25, 0.3) is 0 Å². The van der Waals surface area contributed by atoms with Gasteiger partial charge in [-0.05, 0) is 18.8 Å². The van der Waals surface area contributed by atoms with Crippen LogP contribution in [-0.2, 0) is 0 Å². The van der Waals surface area contributed by atoms with E-state index >= 15 is 0 Å². The summed E-state index contributed by atoms with van der Waals surface area (Å²) in [7, 11) is 0. The quantitative estimate of drug-likeness (QED) is 0.831. The summed E-state index contributed by atoms with van der Waals surface area (Å²) < 4.78 is 5.36. The fourth-order valence-corrected chi connectivity index (χ4v) is 2.58. The first kappa shape index (κ1) is 13.5. The van der Waals surface area contributed by atoms with Crippen LogP contribution in [0, 0.1) is 5.92 Å². The zero-order valence-corrected chi connectivity index (χ0v) is 11.6. The van der Waals surface area contributed by atoms with Crippen molar-refractivity contribution in [2.24, 2.45) is 11.7 Å². The van der Waals surface area contributed by atoms with Gasteiger partial charge in [0.1, 0.15) is 0 Å². The maximum atomic E-state index is 6.13. The second kappa shape index (κ2) is 6.32. The molecule has 4 nitrogen and oxygen atoms in total. The molecule has 2 N–H and O–H groups in total. The first-order valence-electron chi connectivity index (χ1n) is 7.31. The molecule has 2 atom stereocenters. The lowest BCUT2D eigenvalue weighted by molar-refractivity contribution is 0.309. The van der Waals surface area contributed by atoms with Crippen LogP contribution < -0.4 is 5.73 Å². The maximum Gasteiger partial charge on any atom is 0.243 e. The molecule has 1 aromatic rings. The Morgan fingerprint density at radius 1 is 1.28 bits per heavy atom. The molecule has 0 saturated heterocycles. The van der Waals surface area contributed by atoms with Crippen LogP contribution in [0.5, 0.6) is 0 Å². The molecule has 0 amide bonds. The number of hydrogen-bond donors (Lipinski definition) is 1. The molecule has 1 aromatic heterocycles. The first-order chi connectivity index (χ1) is 8.72. The monoisotopic (exact) mass is 251 g/mol. The van der Waals surface area contributed by atoms with Gasteiger partial charge in [0, 0.05) is 5.92 Å². The highest BCUT2D eigenvalue weighted by Gasteiger charge is 2.24. The van der Waals surface area contributed by atoms with Gasteiger partial charge in [-0.15, -0.1) is 0 Å². The molecule has 102 valence electrons.